The molecule has 31 heavy (non-hydrogen) atoms. The zero-order chi connectivity index (χ0) is 22.5. The summed E-state index contributed by atoms with van der Waals surface area (Å²) in [6.45, 7) is 2.12. The van der Waals surface area contributed by atoms with E-state index in [9.17, 15) is 19.7 Å². The Morgan fingerprint density at radius 2 is 1.97 bits per heavy atom. The number of para-hydroxylation sites is 1. The number of rotatable bonds is 7. The predicted molar refractivity (Wildman–Crippen MR) is 110 cm³/mol. The van der Waals surface area contributed by atoms with E-state index in [1.165, 1.54) is 32.4 Å². The van der Waals surface area contributed by atoms with Crippen LogP contribution >= 0.6 is 0 Å². The minimum absolute atomic E-state index is 0.109. The van der Waals surface area contributed by atoms with Crippen LogP contribution < -0.4 is 0 Å². The summed E-state index contributed by atoms with van der Waals surface area (Å²) in [5, 5.41) is 11.7. The van der Waals surface area contributed by atoms with E-state index >= 15 is 0 Å². The molecule has 2 unspecified atom stereocenters. The highest BCUT2D eigenvalue weighted by atomic mass is 16.6. The van der Waals surface area contributed by atoms with Crippen LogP contribution in [0.15, 0.2) is 59.2 Å². The van der Waals surface area contributed by atoms with Gasteiger partial charge < -0.3 is 14.0 Å². The van der Waals surface area contributed by atoms with E-state index in [0.717, 1.165) is 0 Å². The van der Waals surface area contributed by atoms with Gasteiger partial charge in [-0.1, -0.05) is 18.2 Å². The Hall–Kier alpha value is -3.82. The molecule has 3 rings (SSSR count). The standard InChI is InChI=1S/C21H22N4O6/c1-13-17(20(26)30-2)18(14-6-4-5-7-16(14)25(28)29)19(21(27)31-3)15(23-13)8-10-24-11-9-22-12-24/h4-7,9,11-12,17-18H,8,10H2,1-3H3. The van der Waals surface area contributed by atoms with Crippen molar-refractivity contribution in [2.45, 2.75) is 25.8 Å². The van der Waals surface area contributed by atoms with Crippen molar-refractivity contribution in [2.24, 2.45) is 10.9 Å². The lowest BCUT2D eigenvalue weighted by Gasteiger charge is -2.31. The van der Waals surface area contributed by atoms with Gasteiger partial charge in [-0.3, -0.25) is 19.9 Å². The van der Waals surface area contributed by atoms with Gasteiger partial charge in [0.25, 0.3) is 5.69 Å². The Bertz CT molecular complexity index is 1060. The second-order valence-corrected chi connectivity index (χ2v) is 6.95. The first kappa shape index (κ1) is 21.9. The van der Waals surface area contributed by atoms with Crippen molar-refractivity contribution in [3.05, 3.63) is 69.9 Å². The summed E-state index contributed by atoms with van der Waals surface area (Å²) in [5.74, 6) is -3.32. The molecule has 2 aromatic rings. The number of benzene rings is 1. The van der Waals surface area contributed by atoms with Gasteiger partial charge in [0.2, 0.25) is 0 Å². The first-order valence-electron chi connectivity index (χ1n) is 9.52. The summed E-state index contributed by atoms with van der Waals surface area (Å²) < 4.78 is 11.8. The summed E-state index contributed by atoms with van der Waals surface area (Å²) in [5.41, 5.74) is 0.937. The lowest BCUT2D eigenvalue weighted by Crippen LogP contribution is -2.36. The van der Waals surface area contributed by atoms with E-state index in [4.69, 9.17) is 9.47 Å². The van der Waals surface area contributed by atoms with E-state index in [1.807, 2.05) is 4.57 Å². The van der Waals surface area contributed by atoms with Crippen LogP contribution in [0.5, 0.6) is 0 Å². The number of nitro benzene ring substituents is 1. The van der Waals surface area contributed by atoms with Crippen LogP contribution in [0, 0.1) is 16.0 Å². The number of hydrogen-bond acceptors (Lipinski definition) is 8. The molecule has 10 heteroatoms. The second kappa shape index (κ2) is 9.33. The van der Waals surface area contributed by atoms with Crippen LogP contribution in [0.4, 0.5) is 5.69 Å². The monoisotopic (exact) mass is 426 g/mol. The molecule has 0 saturated carbocycles. The number of aromatic nitrogens is 2. The topological polar surface area (TPSA) is 126 Å². The number of nitrogens with zero attached hydrogens (tertiary/aromatic N) is 4. The van der Waals surface area contributed by atoms with Crippen molar-refractivity contribution in [3.63, 3.8) is 0 Å². The molecule has 0 fully saturated rings. The molecule has 0 aliphatic carbocycles. The third-order valence-corrected chi connectivity index (χ3v) is 5.21. The molecule has 162 valence electrons. The van der Waals surface area contributed by atoms with Gasteiger partial charge in [-0.2, -0.15) is 0 Å². The second-order valence-electron chi connectivity index (χ2n) is 6.95. The van der Waals surface area contributed by atoms with Gasteiger partial charge in [0.1, 0.15) is 5.92 Å². The summed E-state index contributed by atoms with van der Waals surface area (Å²) >= 11 is 0. The fourth-order valence-electron chi connectivity index (χ4n) is 3.81. The number of nitro groups is 1. The predicted octanol–water partition coefficient (Wildman–Crippen LogP) is 2.66. The Labute approximate surface area is 178 Å². The van der Waals surface area contributed by atoms with Gasteiger partial charge in [-0.25, -0.2) is 9.78 Å². The highest BCUT2D eigenvalue weighted by molar-refractivity contribution is 6.07. The maximum absolute atomic E-state index is 12.9. The van der Waals surface area contributed by atoms with Crippen LogP contribution in [-0.2, 0) is 25.6 Å². The van der Waals surface area contributed by atoms with E-state index < -0.39 is 28.7 Å². The minimum atomic E-state index is -1.00. The molecule has 1 aromatic carbocycles. The average molecular weight is 426 g/mol. The van der Waals surface area contributed by atoms with Crippen LogP contribution in [0.2, 0.25) is 0 Å². The summed E-state index contributed by atoms with van der Waals surface area (Å²) in [6, 6.07) is 6.02. The van der Waals surface area contributed by atoms with Crippen molar-refractivity contribution in [3.8, 4) is 0 Å². The number of ether oxygens (including phenoxy) is 2. The number of imidazole rings is 1. The molecule has 0 N–H and O–H groups in total. The molecule has 1 aromatic heterocycles. The lowest BCUT2D eigenvalue weighted by atomic mass is 9.74. The number of carbonyl (C=O) groups excluding carboxylic acids is 2. The van der Waals surface area contributed by atoms with E-state index in [-0.39, 0.29) is 16.8 Å². The van der Waals surface area contributed by atoms with Crippen LogP contribution in [0.1, 0.15) is 24.8 Å². The first-order chi connectivity index (χ1) is 14.9. The van der Waals surface area contributed by atoms with Crippen molar-refractivity contribution < 1.29 is 24.0 Å². The van der Waals surface area contributed by atoms with E-state index in [1.54, 1.807) is 31.7 Å². The molecular formula is C21H22N4O6. The molecule has 1 aliphatic rings. The number of aryl methyl sites for hydroxylation is 1. The lowest BCUT2D eigenvalue weighted by molar-refractivity contribution is -0.385. The van der Waals surface area contributed by atoms with Crippen LogP contribution in [-0.4, -0.2) is 46.3 Å². The SMILES string of the molecule is COC(=O)C1=C(CCn2ccnc2)N=C(C)C(C(=O)OC)C1c1ccccc1[N+](=O)[O-]. The third kappa shape index (κ3) is 4.37. The van der Waals surface area contributed by atoms with Gasteiger partial charge in [-0.15, -0.1) is 0 Å². The van der Waals surface area contributed by atoms with Crippen LogP contribution in [0.25, 0.3) is 0 Å². The highest BCUT2D eigenvalue weighted by Crippen LogP contribution is 2.43. The number of esters is 2. The zero-order valence-electron chi connectivity index (χ0n) is 17.3. The van der Waals surface area contributed by atoms with Gasteiger partial charge in [-0.05, 0) is 6.92 Å². The Morgan fingerprint density at radius 3 is 2.58 bits per heavy atom. The third-order valence-electron chi connectivity index (χ3n) is 5.21. The number of methoxy groups -OCH3 is 2. The smallest absolute Gasteiger partial charge is 0.336 e. The molecule has 2 heterocycles. The maximum Gasteiger partial charge on any atom is 0.336 e. The summed E-state index contributed by atoms with van der Waals surface area (Å²) in [4.78, 5) is 45.3. The van der Waals surface area contributed by atoms with Crippen LogP contribution in [0.3, 0.4) is 0 Å². The summed E-state index contributed by atoms with van der Waals surface area (Å²) in [6.07, 6.45) is 5.38. The normalized spacial score (nSPS) is 18.4. The largest absolute Gasteiger partial charge is 0.468 e. The number of allylic oxidation sites excluding steroid dienone is 1. The maximum atomic E-state index is 12.9. The Kier molecular flexibility index (Phi) is 6.58. The molecule has 0 saturated heterocycles. The molecule has 1 aliphatic heterocycles. The van der Waals surface area contributed by atoms with Crippen molar-refractivity contribution in [1.29, 1.82) is 0 Å². The quantitative estimate of drug-likeness (QED) is 0.378. The molecule has 0 radical (unpaired) electrons. The molecule has 10 nitrogen and oxygen atoms in total. The fourth-order valence-corrected chi connectivity index (χ4v) is 3.81. The fraction of sp³-hybridized carbons (Fsp3) is 0.333. The van der Waals surface area contributed by atoms with Crippen molar-refractivity contribution in [1.82, 2.24) is 9.55 Å². The summed E-state index contributed by atoms with van der Waals surface area (Å²) in [7, 11) is 2.44. The molecule has 0 bridgehead atoms. The van der Waals surface area contributed by atoms with Gasteiger partial charge in [0, 0.05) is 48.6 Å². The molecular weight excluding hydrogens is 404 g/mol. The van der Waals surface area contributed by atoms with Gasteiger partial charge in [0.05, 0.1) is 36.7 Å². The Balaban J connectivity index is 2.21. The number of aliphatic imine (C=N–C) groups is 1. The highest BCUT2D eigenvalue weighted by Gasteiger charge is 2.45. The van der Waals surface area contributed by atoms with E-state index in [2.05, 4.69) is 9.98 Å². The van der Waals surface area contributed by atoms with E-state index in [0.29, 0.717) is 24.4 Å². The van der Waals surface area contributed by atoms with Gasteiger partial charge in [0.15, 0.2) is 0 Å². The first-order valence-corrected chi connectivity index (χ1v) is 9.52. The number of carbonyl (C=O) groups is 2. The number of hydrogen-bond donors (Lipinski definition) is 0. The minimum Gasteiger partial charge on any atom is -0.468 e. The molecule has 0 amide bonds. The Morgan fingerprint density at radius 1 is 1.23 bits per heavy atom. The zero-order valence-corrected chi connectivity index (χ0v) is 17.3. The van der Waals surface area contributed by atoms with Crippen molar-refractivity contribution >= 4 is 23.3 Å². The van der Waals surface area contributed by atoms with Gasteiger partial charge >= 0.3 is 11.9 Å². The van der Waals surface area contributed by atoms with Crippen molar-refractivity contribution in [2.75, 3.05) is 14.2 Å². The average Bonchev–Trinajstić information content (AvgIpc) is 3.29. The molecule has 0 spiro atoms. The molecule has 2 atom stereocenters.